The highest BCUT2D eigenvalue weighted by atomic mass is 35.5. The third-order valence-electron chi connectivity index (χ3n) is 6.48. The van der Waals surface area contributed by atoms with E-state index in [0.29, 0.717) is 22.9 Å². The second-order valence-electron chi connectivity index (χ2n) is 9.09. The average molecular weight is 594 g/mol. The third kappa shape index (κ3) is 5.38. The van der Waals surface area contributed by atoms with Gasteiger partial charge in [0.05, 0.1) is 10.7 Å². The van der Waals surface area contributed by atoms with E-state index in [4.69, 9.17) is 40.2 Å². The van der Waals surface area contributed by atoms with Crippen LogP contribution in [0.3, 0.4) is 0 Å². The van der Waals surface area contributed by atoms with Crippen LogP contribution in [0.4, 0.5) is 10.1 Å². The minimum absolute atomic E-state index is 0.113. The van der Waals surface area contributed by atoms with Crippen molar-refractivity contribution >= 4 is 64.1 Å². The molecule has 40 heavy (non-hydrogen) atoms. The van der Waals surface area contributed by atoms with Gasteiger partial charge in [0.15, 0.2) is 5.11 Å². The maximum Gasteiger partial charge on any atom is 0.270 e. The molecule has 1 aromatic heterocycles. The van der Waals surface area contributed by atoms with Crippen molar-refractivity contribution in [1.29, 1.82) is 0 Å². The first-order valence-corrected chi connectivity index (χ1v) is 13.3. The molecular formula is C30H22Cl2FN3O3S. The van der Waals surface area contributed by atoms with Gasteiger partial charge in [0.25, 0.3) is 11.8 Å². The maximum atomic E-state index is 13.7. The Morgan fingerprint density at radius 2 is 1.65 bits per heavy atom. The van der Waals surface area contributed by atoms with Crippen LogP contribution in [-0.4, -0.2) is 21.5 Å². The normalized spacial score (nSPS) is 14.6. The fourth-order valence-corrected chi connectivity index (χ4v) is 5.12. The zero-order valence-electron chi connectivity index (χ0n) is 21.4. The molecule has 1 N–H and O–H groups in total. The molecule has 0 bridgehead atoms. The van der Waals surface area contributed by atoms with Gasteiger partial charge < -0.3 is 9.30 Å². The summed E-state index contributed by atoms with van der Waals surface area (Å²) < 4.78 is 21.6. The van der Waals surface area contributed by atoms with Crippen molar-refractivity contribution in [3.8, 4) is 11.4 Å². The molecule has 1 aliphatic heterocycles. The quantitative estimate of drug-likeness (QED) is 0.149. The minimum Gasteiger partial charge on any atom is -0.489 e. The maximum absolute atomic E-state index is 13.7. The monoisotopic (exact) mass is 593 g/mol. The summed E-state index contributed by atoms with van der Waals surface area (Å²) in [5, 5.41) is 2.90. The van der Waals surface area contributed by atoms with E-state index in [1.807, 2.05) is 73.0 Å². The number of thiocarbonyl (C=S) groups is 1. The average Bonchev–Trinajstić information content (AvgIpc) is 3.20. The van der Waals surface area contributed by atoms with Gasteiger partial charge >= 0.3 is 0 Å². The van der Waals surface area contributed by atoms with Gasteiger partial charge in [-0.1, -0.05) is 41.4 Å². The van der Waals surface area contributed by atoms with Crippen LogP contribution in [0.25, 0.3) is 11.8 Å². The van der Waals surface area contributed by atoms with Crippen molar-refractivity contribution in [3.05, 3.63) is 117 Å². The lowest BCUT2D eigenvalue weighted by Crippen LogP contribution is -2.54. The van der Waals surface area contributed by atoms with Gasteiger partial charge in [0.2, 0.25) is 0 Å². The Morgan fingerprint density at radius 1 is 0.950 bits per heavy atom. The lowest BCUT2D eigenvalue weighted by molar-refractivity contribution is -0.122. The second-order valence-corrected chi connectivity index (χ2v) is 10.3. The number of halogens is 3. The highest BCUT2D eigenvalue weighted by Crippen LogP contribution is 2.29. The van der Waals surface area contributed by atoms with Crippen LogP contribution in [0, 0.1) is 19.7 Å². The molecule has 4 aromatic rings. The van der Waals surface area contributed by atoms with Crippen LogP contribution in [-0.2, 0) is 16.2 Å². The van der Waals surface area contributed by atoms with E-state index in [2.05, 4.69) is 5.32 Å². The fourth-order valence-electron chi connectivity index (χ4n) is 4.47. The Hall–Kier alpha value is -3.98. The molecule has 202 valence electrons. The smallest absolute Gasteiger partial charge is 0.270 e. The highest BCUT2D eigenvalue weighted by molar-refractivity contribution is 7.80. The summed E-state index contributed by atoms with van der Waals surface area (Å²) >= 11 is 17.3. The number of nitrogens with one attached hydrogen (secondary N) is 1. The molecule has 0 radical (unpaired) electrons. The van der Waals surface area contributed by atoms with Crippen LogP contribution < -0.4 is 15.0 Å². The Balaban J connectivity index is 1.41. The summed E-state index contributed by atoms with van der Waals surface area (Å²) in [6.45, 7) is 4.18. The number of nitrogens with zero attached hydrogens (tertiary/aromatic N) is 2. The second kappa shape index (κ2) is 11.3. The first-order valence-electron chi connectivity index (χ1n) is 12.2. The molecule has 10 heteroatoms. The number of amides is 2. The van der Waals surface area contributed by atoms with E-state index in [-0.39, 0.29) is 21.4 Å². The zero-order chi connectivity index (χ0) is 28.6. The van der Waals surface area contributed by atoms with Crippen LogP contribution in [0.2, 0.25) is 10.0 Å². The number of benzene rings is 3. The van der Waals surface area contributed by atoms with Crippen LogP contribution in [0.5, 0.6) is 5.75 Å². The van der Waals surface area contributed by atoms with Crippen molar-refractivity contribution in [3.63, 3.8) is 0 Å². The standard InChI is InChI=1S/C30H22Cl2FN3O3S/c1-17-13-20(14-24-28(37)34-30(40)36(29(24)38)22-9-12-27(33)26(32)15-22)18(2)35(17)21-7-10-23(11-8-21)39-16-19-5-3-4-6-25(19)31/h3-15H,16H2,1-2H3,(H,34,37,40)/b24-14+. The Morgan fingerprint density at radius 3 is 2.35 bits per heavy atom. The van der Waals surface area contributed by atoms with Gasteiger partial charge in [-0.15, -0.1) is 0 Å². The van der Waals surface area contributed by atoms with Crippen molar-refractivity contribution in [2.75, 3.05) is 4.90 Å². The number of aryl methyl sites for hydroxylation is 1. The lowest BCUT2D eigenvalue weighted by atomic mass is 10.1. The largest absolute Gasteiger partial charge is 0.489 e. The van der Waals surface area contributed by atoms with Gasteiger partial charge in [-0.3, -0.25) is 19.8 Å². The number of hydrogen-bond donors (Lipinski definition) is 1. The fraction of sp³-hybridized carbons (Fsp3) is 0.100. The summed E-state index contributed by atoms with van der Waals surface area (Å²) in [4.78, 5) is 27.3. The van der Waals surface area contributed by atoms with E-state index in [1.54, 1.807) is 0 Å². The van der Waals surface area contributed by atoms with E-state index in [9.17, 15) is 14.0 Å². The molecule has 1 fully saturated rings. The Labute approximate surface area is 245 Å². The molecule has 0 unspecified atom stereocenters. The lowest BCUT2D eigenvalue weighted by Gasteiger charge is -2.29. The van der Waals surface area contributed by atoms with Gasteiger partial charge in [-0.2, -0.15) is 0 Å². The molecule has 0 aliphatic carbocycles. The molecule has 3 aromatic carbocycles. The number of aromatic nitrogens is 1. The summed E-state index contributed by atoms with van der Waals surface area (Å²) in [6, 6.07) is 20.8. The molecule has 1 saturated heterocycles. The molecular weight excluding hydrogens is 572 g/mol. The number of hydrogen-bond acceptors (Lipinski definition) is 4. The zero-order valence-corrected chi connectivity index (χ0v) is 23.7. The van der Waals surface area contributed by atoms with Crippen molar-refractivity contribution in [2.24, 2.45) is 0 Å². The number of carbonyl (C=O) groups excluding carboxylic acids is 2. The van der Waals surface area contributed by atoms with E-state index < -0.39 is 17.6 Å². The van der Waals surface area contributed by atoms with Crippen LogP contribution >= 0.6 is 35.4 Å². The molecule has 2 amide bonds. The van der Waals surface area contributed by atoms with E-state index >= 15 is 0 Å². The predicted molar refractivity (Wildman–Crippen MR) is 159 cm³/mol. The number of ether oxygens (including phenoxy) is 1. The first kappa shape index (κ1) is 27.6. The predicted octanol–water partition coefficient (Wildman–Crippen LogP) is 6.95. The molecule has 5 rings (SSSR count). The number of carbonyl (C=O) groups is 2. The third-order valence-corrected chi connectivity index (χ3v) is 7.42. The SMILES string of the molecule is Cc1cc(/C=C2\C(=O)NC(=S)N(c3ccc(F)c(Cl)c3)C2=O)c(C)n1-c1ccc(OCc2ccccc2Cl)cc1. The number of rotatable bonds is 6. The van der Waals surface area contributed by atoms with Crippen molar-refractivity contribution in [2.45, 2.75) is 20.5 Å². The summed E-state index contributed by atoms with van der Waals surface area (Å²) in [5.74, 6) is -1.20. The number of anilines is 1. The van der Waals surface area contributed by atoms with Crippen molar-refractivity contribution < 1.29 is 18.7 Å². The van der Waals surface area contributed by atoms with Crippen molar-refractivity contribution in [1.82, 2.24) is 9.88 Å². The molecule has 6 nitrogen and oxygen atoms in total. The van der Waals surface area contributed by atoms with E-state index in [0.717, 1.165) is 33.6 Å². The van der Waals surface area contributed by atoms with Gasteiger partial charge in [-0.05, 0) is 92.3 Å². The molecule has 0 spiro atoms. The van der Waals surface area contributed by atoms with Gasteiger partial charge in [0.1, 0.15) is 23.7 Å². The molecule has 1 aliphatic rings. The first-order chi connectivity index (χ1) is 19.1. The Kier molecular flexibility index (Phi) is 7.76. The highest BCUT2D eigenvalue weighted by Gasteiger charge is 2.35. The Bertz CT molecular complexity index is 1700. The van der Waals surface area contributed by atoms with Crippen LogP contribution in [0.15, 0.2) is 78.4 Å². The van der Waals surface area contributed by atoms with Crippen LogP contribution in [0.1, 0.15) is 22.5 Å². The summed E-state index contributed by atoms with van der Waals surface area (Å²) in [7, 11) is 0. The van der Waals surface area contributed by atoms with Gasteiger partial charge in [0, 0.05) is 27.7 Å². The topological polar surface area (TPSA) is 63.6 Å². The molecule has 0 atom stereocenters. The summed E-state index contributed by atoms with van der Waals surface area (Å²) in [5.41, 5.74) is 4.31. The minimum atomic E-state index is -0.638. The molecule has 2 heterocycles. The summed E-state index contributed by atoms with van der Waals surface area (Å²) in [6.07, 6.45) is 1.53. The molecule has 0 saturated carbocycles. The van der Waals surface area contributed by atoms with Gasteiger partial charge in [-0.25, -0.2) is 4.39 Å². The van der Waals surface area contributed by atoms with E-state index in [1.165, 1.54) is 18.2 Å².